The fourth-order valence-electron chi connectivity index (χ4n) is 1.73. The van der Waals surface area contributed by atoms with Gasteiger partial charge in [-0.3, -0.25) is 9.59 Å². The van der Waals surface area contributed by atoms with Gasteiger partial charge in [-0.1, -0.05) is 24.3 Å². The van der Waals surface area contributed by atoms with E-state index in [9.17, 15) is 14.0 Å². The topological polar surface area (TPSA) is 75.6 Å². The lowest BCUT2D eigenvalue weighted by molar-refractivity contribution is -0.146. The van der Waals surface area contributed by atoms with E-state index in [0.29, 0.717) is 5.56 Å². The minimum atomic E-state index is -0.621. The number of nitrogens with one attached hydrogen (secondary N) is 1. The molecule has 1 amide bonds. The second kappa shape index (κ2) is 7.21. The lowest BCUT2D eigenvalue weighted by atomic mass is 10.1. The number of amides is 1. The fraction of sp³-hybridized carbons (Fsp3) is 0.125. The SMILES string of the molecule is O=C(COC(=O)Cc1ccc(O)cc1)Nc1ccccc1F. The van der Waals surface area contributed by atoms with Crippen molar-refractivity contribution < 1.29 is 23.8 Å². The number of benzene rings is 2. The summed E-state index contributed by atoms with van der Waals surface area (Å²) in [6.07, 6.45) is -0.0206. The predicted molar refractivity (Wildman–Crippen MR) is 77.8 cm³/mol. The van der Waals surface area contributed by atoms with Crippen molar-refractivity contribution in [3.63, 3.8) is 0 Å². The van der Waals surface area contributed by atoms with E-state index in [1.165, 1.54) is 30.3 Å². The van der Waals surface area contributed by atoms with E-state index in [1.807, 2.05) is 0 Å². The molecular formula is C16H14FNO4. The lowest BCUT2D eigenvalue weighted by Gasteiger charge is -2.07. The van der Waals surface area contributed by atoms with Crippen LogP contribution in [0.3, 0.4) is 0 Å². The number of ether oxygens (including phenoxy) is 1. The van der Waals surface area contributed by atoms with E-state index in [-0.39, 0.29) is 17.9 Å². The molecule has 0 aliphatic heterocycles. The van der Waals surface area contributed by atoms with Crippen LogP contribution in [0.5, 0.6) is 5.75 Å². The molecule has 22 heavy (non-hydrogen) atoms. The average molecular weight is 303 g/mol. The first-order valence-electron chi connectivity index (χ1n) is 6.52. The maximum atomic E-state index is 13.3. The van der Waals surface area contributed by atoms with Gasteiger partial charge in [0.2, 0.25) is 0 Å². The van der Waals surface area contributed by atoms with Crippen LogP contribution in [0.25, 0.3) is 0 Å². The van der Waals surface area contributed by atoms with Crippen molar-refractivity contribution in [1.29, 1.82) is 0 Å². The highest BCUT2D eigenvalue weighted by molar-refractivity contribution is 5.93. The summed E-state index contributed by atoms with van der Waals surface area (Å²) in [5.41, 5.74) is 0.680. The zero-order valence-corrected chi connectivity index (χ0v) is 11.6. The van der Waals surface area contributed by atoms with Crippen LogP contribution < -0.4 is 5.32 Å². The number of carbonyl (C=O) groups is 2. The highest BCUT2D eigenvalue weighted by atomic mass is 19.1. The first kappa shape index (κ1) is 15.5. The van der Waals surface area contributed by atoms with Crippen LogP contribution in [0, 0.1) is 5.82 Å². The summed E-state index contributed by atoms with van der Waals surface area (Å²) >= 11 is 0. The van der Waals surface area contributed by atoms with Gasteiger partial charge in [-0.2, -0.15) is 0 Å². The number of para-hydroxylation sites is 1. The minimum absolute atomic E-state index is 0.0206. The Balaban J connectivity index is 1.79. The summed E-state index contributed by atoms with van der Waals surface area (Å²) in [5.74, 6) is -1.67. The van der Waals surface area contributed by atoms with Crippen molar-refractivity contribution >= 4 is 17.6 Å². The molecule has 0 aliphatic carbocycles. The molecule has 114 valence electrons. The van der Waals surface area contributed by atoms with Gasteiger partial charge in [-0.25, -0.2) is 4.39 Å². The molecule has 0 bridgehead atoms. The molecule has 0 aromatic heterocycles. The monoisotopic (exact) mass is 303 g/mol. The smallest absolute Gasteiger partial charge is 0.310 e. The standard InChI is InChI=1S/C16H14FNO4/c17-13-3-1-2-4-14(13)18-15(20)10-22-16(21)9-11-5-7-12(19)8-6-11/h1-8,19H,9-10H2,(H,18,20). The Labute approximate surface area is 126 Å². The first-order valence-corrected chi connectivity index (χ1v) is 6.52. The van der Waals surface area contributed by atoms with Gasteiger partial charge in [-0.05, 0) is 29.8 Å². The highest BCUT2D eigenvalue weighted by Crippen LogP contribution is 2.12. The van der Waals surface area contributed by atoms with Gasteiger partial charge in [0.1, 0.15) is 11.6 Å². The molecule has 0 heterocycles. The summed E-state index contributed by atoms with van der Waals surface area (Å²) < 4.78 is 18.1. The van der Waals surface area contributed by atoms with E-state index < -0.39 is 24.3 Å². The van der Waals surface area contributed by atoms with Crippen LogP contribution in [-0.4, -0.2) is 23.6 Å². The molecule has 0 atom stereocenters. The Morgan fingerprint density at radius 1 is 1.09 bits per heavy atom. The van der Waals surface area contributed by atoms with Crippen molar-refractivity contribution in [3.05, 3.63) is 59.9 Å². The Bertz CT molecular complexity index is 670. The summed E-state index contributed by atoms with van der Waals surface area (Å²) in [6.45, 7) is -0.495. The number of esters is 1. The van der Waals surface area contributed by atoms with Crippen molar-refractivity contribution in [1.82, 2.24) is 0 Å². The second-order valence-corrected chi connectivity index (χ2v) is 4.53. The van der Waals surface area contributed by atoms with Gasteiger partial charge < -0.3 is 15.2 Å². The molecular weight excluding hydrogens is 289 g/mol. The summed E-state index contributed by atoms with van der Waals surface area (Å²) in [4.78, 5) is 23.2. The van der Waals surface area contributed by atoms with Gasteiger partial charge in [0.25, 0.3) is 5.91 Å². The molecule has 0 saturated carbocycles. The van der Waals surface area contributed by atoms with Crippen LogP contribution in [0.4, 0.5) is 10.1 Å². The van der Waals surface area contributed by atoms with E-state index in [4.69, 9.17) is 9.84 Å². The van der Waals surface area contributed by atoms with Crippen molar-refractivity contribution in [2.24, 2.45) is 0 Å². The number of phenolic OH excluding ortho intramolecular Hbond substituents is 1. The van der Waals surface area contributed by atoms with Gasteiger partial charge >= 0.3 is 5.97 Å². The molecule has 2 rings (SSSR count). The minimum Gasteiger partial charge on any atom is -0.508 e. The average Bonchev–Trinajstić information content (AvgIpc) is 2.50. The quantitative estimate of drug-likeness (QED) is 0.831. The third-order valence-corrected chi connectivity index (χ3v) is 2.80. The Morgan fingerprint density at radius 2 is 1.77 bits per heavy atom. The number of hydrogen-bond donors (Lipinski definition) is 2. The van der Waals surface area contributed by atoms with E-state index in [0.717, 1.165) is 0 Å². The molecule has 5 nitrogen and oxygen atoms in total. The second-order valence-electron chi connectivity index (χ2n) is 4.53. The Hall–Kier alpha value is -2.89. The third-order valence-electron chi connectivity index (χ3n) is 2.80. The van der Waals surface area contributed by atoms with E-state index >= 15 is 0 Å². The molecule has 0 radical (unpaired) electrons. The molecule has 0 fully saturated rings. The number of anilines is 1. The number of carbonyl (C=O) groups excluding carboxylic acids is 2. The van der Waals surface area contributed by atoms with E-state index in [1.54, 1.807) is 18.2 Å². The Kier molecular flexibility index (Phi) is 5.08. The maximum Gasteiger partial charge on any atom is 0.310 e. The van der Waals surface area contributed by atoms with Gasteiger partial charge in [0, 0.05) is 0 Å². The summed E-state index contributed by atoms with van der Waals surface area (Å²) in [7, 11) is 0. The van der Waals surface area contributed by atoms with E-state index in [2.05, 4.69) is 5.32 Å². The number of phenols is 1. The molecule has 0 unspecified atom stereocenters. The molecule has 2 aromatic carbocycles. The van der Waals surface area contributed by atoms with Crippen molar-refractivity contribution in [2.45, 2.75) is 6.42 Å². The normalized spacial score (nSPS) is 10.0. The predicted octanol–water partition coefficient (Wildman–Crippen LogP) is 2.26. The third kappa shape index (κ3) is 4.59. The number of hydrogen-bond acceptors (Lipinski definition) is 4. The molecule has 2 N–H and O–H groups in total. The lowest BCUT2D eigenvalue weighted by Crippen LogP contribution is -2.22. The number of halogens is 1. The first-order chi connectivity index (χ1) is 10.5. The molecule has 0 spiro atoms. The summed E-state index contributed by atoms with van der Waals surface area (Å²) in [5, 5.41) is 11.4. The Morgan fingerprint density at radius 3 is 2.45 bits per heavy atom. The molecule has 0 aliphatic rings. The van der Waals surface area contributed by atoms with Crippen LogP contribution in [-0.2, 0) is 20.7 Å². The van der Waals surface area contributed by atoms with Crippen LogP contribution in [0.1, 0.15) is 5.56 Å². The van der Waals surface area contributed by atoms with Gasteiger partial charge in [-0.15, -0.1) is 0 Å². The maximum absolute atomic E-state index is 13.3. The van der Waals surface area contributed by atoms with Crippen LogP contribution in [0.2, 0.25) is 0 Å². The van der Waals surface area contributed by atoms with Gasteiger partial charge in [0.05, 0.1) is 12.1 Å². The fourth-order valence-corrected chi connectivity index (χ4v) is 1.73. The molecule has 6 heteroatoms. The van der Waals surface area contributed by atoms with Gasteiger partial charge in [0.15, 0.2) is 6.61 Å². The van der Waals surface area contributed by atoms with Crippen molar-refractivity contribution in [2.75, 3.05) is 11.9 Å². The summed E-state index contributed by atoms with van der Waals surface area (Å²) in [6, 6.07) is 11.8. The zero-order valence-electron chi connectivity index (χ0n) is 11.6. The van der Waals surface area contributed by atoms with Crippen LogP contribution in [0.15, 0.2) is 48.5 Å². The molecule has 2 aromatic rings. The largest absolute Gasteiger partial charge is 0.508 e. The van der Waals surface area contributed by atoms with Crippen LogP contribution >= 0.6 is 0 Å². The van der Waals surface area contributed by atoms with Crippen molar-refractivity contribution in [3.8, 4) is 5.75 Å². The zero-order chi connectivity index (χ0) is 15.9. The number of rotatable bonds is 5. The molecule has 0 saturated heterocycles. The highest BCUT2D eigenvalue weighted by Gasteiger charge is 2.10. The number of aromatic hydroxyl groups is 1.